The zero-order chi connectivity index (χ0) is 14.0. The number of hydrogen-bond donors (Lipinski definition) is 0. The average molecular weight is 268 g/mol. The molecule has 1 aliphatic rings. The summed E-state index contributed by atoms with van der Waals surface area (Å²) >= 11 is 0. The first-order chi connectivity index (χ1) is 9.29. The summed E-state index contributed by atoms with van der Waals surface area (Å²) in [5.74, 6) is 0. The van der Waals surface area contributed by atoms with Crippen molar-refractivity contribution in [1.82, 2.24) is 0 Å². The molecule has 110 valence electrons. The monoisotopic (exact) mass is 268 g/mol. The smallest absolute Gasteiger partial charge is 0.121 e. The molecule has 3 heteroatoms. The summed E-state index contributed by atoms with van der Waals surface area (Å²) in [4.78, 5) is 0. The highest BCUT2D eigenvalue weighted by Crippen LogP contribution is 2.44. The Morgan fingerprint density at radius 2 is 2.00 bits per heavy atom. The zero-order valence-electron chi connectivity index (χ0n) is 12.6. The second-order valence-corrected chi connectivity index (χ2v) is 4.98. The Kier molecular flexibility index (Phi) is 7.65. The molecule has 2 unspecified atom stereocenters. The van der Waals surface area contributed by atoms with Crippen LogP contribution < -0.4 is 0 Å². The van der Waals surface area contributed by atoms with Crippen LogP contribution in [-0.2, 0) is 14.2 Å². The van der Waals surface area contributed by atoms with Gasteiger partial charge in [-0.05, 0) is 19.8 Å². The molecule has 3 nitrogen and oxygen atoms in total. The van der Waals surface area contributed by atoms with Gasteiger partial charge in [-0.1, -0.05) is 38.8 Å². The van der Waals surface area contributed by atoms with Crippen molar-refractivity contribution in [1.29, 1.82) is 0 Å². The van der Waals surface area contributed by atoms with Crippen LogP contribution in [0.25, 0.3) is 0 Å². The average Bonchev–Trinajstić information content (AvgIpc) is 3.10. The molecule has 1 rings (SSSR count). The van der Waals surface area contributed by atoms with E-state index in [9.17, 15) is 0 Å². The largest absolute Gasteiger partial charge is 0.501 e. The molecule has 0 aromatic heterocycles. The summed E-state index contributed by atoms with van der Waals surface area (Å²) < 4.78 is 16.8. The zero-order valence-corrected chi connectivity index (χ0v) is 12.6. The maximum atomic E-state index is 5.90. The van der Waals surface area contributed by atoms with Gasteiger partial charge in [0.25, 0.3) is 0 Å². The molecule has 0 aromatic carbocycles. The number of epoxide rings is 1. The second-order valence-electron chi connectivity index (χ2n) is 4.98. The van der Waals surface area contributed by atoms with E-state index in [0.717, 1.165) is 25.9 Å². The van der Waals surface area contributed by atoms with E-state index in [4.69, 9.17) is 14.2 Å². The highest BCUT2D eigenvalue weighted by Gasteiger charge is 2.55. The summed E-state index contributed by atoms with van der Waals surface area (Å²) in [5.41, 5.74) is -0.00234. The van der Waals surface area contributed by atoms with Crippen molar-refractivity contribution in [3.63, 3.8) is 0 Å². The quantitative estimate of drug-likeness (QED) is 0.320. The molecule has 1 aliphatic heterocycles. The fourth-order valence-electron chi connectivity index (χ4n) is 2.18. The van der Waals surface area contributed by atoms with Crippen LogP contribution in [0.2, 0.25) is 0 Å². The first kappa shape index (κ1) is 16.1. The number of allylic oxidation sites excluding steroid dienone is 2. The fraction of sp³-hybridized carbons (Fsp3) is 0.750. The molecule has 2 atom stereocenters. The molecule has 0 bridgehead atoms. The Bertz CT molecular complexity index is 286. The molecule has 0 spiro atoms. The van der Waals surface area contributed by atoms with Crippen molar-refractivity contribution in [3.8, 4) is 0 Å². The van der Waals surface area contributed by atoms with Gasteiger partial charge >= 0.3 is 0 Å². The van der Waals surface area contributed by atoms with Crippen molar-refractivity contribution in [2.75, 3.05) is 13.2 Å². The Morgan fingerprint density at radius 3 is 2.68 bits per heavy atom. The van der Waals surface area contributed by atoms with Crippen molar-refractivity contribution < 1.29 is 14.2 Å². The summed E-state index contributed by atoms with van der Waals surface area (Å²) in [6.45, 7) is 7.63. The van der Waals surface area contributed by atoms with E-state index in [1.54, 1.807) is 12.5 Å². The van der Waals surface area contributed by atoms with Gasteiger partial charge in [-0.2, -0.15) is 0 Å². The van der Waals surface area contributed by atoms with Gasteiger partial charge in [-0.15, -0.1) is 0 Å². The van der Waals surface area contributed by atoms with E-state index < -0.39 is 0 Å². The van der Waals surface area contributed by atoms with Gasteiger partial charge in [0.1, 0.15) is 18.3 Å². The van der Waals surface area contributed by atoms with E-state index >= 15 is 0 Å². The number of ether oxygens (including phenoxy) is 3. The van der Waals surface area contributed by atoms with Gasteiger partial charge in [-0.25, -0.2) is 0 Å². The summed E-state index contributed by atoms with van der Waals surface area (Å²) in [5, 5.41) is 0. The van der Waals surface area contributed by atoms with Crippen molar-refractivity contribution >= 4 is 0 Å². The molecule has 19 heavy (non-hydrogen) atoms. The van der Waals surface area contributed by atoms with Crippen molar-refractivity contribution in [3.05, 3.63) is 24.7 Å². The van der Waals surface area contributed by atoms with Gasteiger partial charge < -0.3 is 14.2 Å². The van der Waals surface area contributed by atoms with Gasteiger partial charge in [0.2, 0.25) is 0 Å². The van der Waals surface area contributed by atoms with E-state index in [-0.39, 0.29) is 11.7 Å². The summed E-state index contributed by atoms with van der Waals surface area (Å²) in [6.07, 6.45) is 13.1. The highest BCUT2D eigenvalue weighted by atomic mass is 16.6. The molecular formula is C16H28O3. The molecule has 0 aromatic rings. The van der Waals surface area contributed by atoms with Crippen molar-refractivity contribution in [2.45, 2.75) is 64.6 Å². The van der Waals surface area contributed by atoms with E-state index in [2.05, 4.69) is 13.8 Å². The molecular weight excluding hydrogens is 240 g/mol. The topological polar surface area (TPSA) is 31.0 Å². The van der Waals surface area contributed by atoms with Crippen LogP contribution in [0.4, 0.5) is 0 Å². The lowest BCUT2D eigenvalue weighted by Gasteiger charge is -2.12. The number of rotatable bonds is 11. The Labute approximate surface area is 117 Å². The highest BCUT2D eigenvalue weighted by molar-refractivity contribution is 5.02. The Hall–Kier alpha value is -0.960. The Balaban J connectivity index is 2.30. The van der Waals surface area contributed by atoms with Crippen LogP contribution in [-0.4, -0.2) is 24.9 Å². The van der Waals surface area contributed by atoms with Crippen LogP contribution in [0.1, 0.15) is 52.9 Å². The van der Waals surface area contributed by atoms with E-state index in [1.807, 2.05) is 19.1 Å². The van der Waals surface area contributed by atoms with Gasteiger partial charge in [-0.3, -0.25) is 0 Å². The number of hydrogen-bond acceptors (Lipinski definition) is 3. The molecule has 1 saturated heterocycles. The first-order valence-electron chi connectivity index (χ1n) is 7.46. The molecule has 0 saturated carbocycles. The molecule has 1 heterocycles. The maximum absolute atomic E-state index is 5.90. The minimum Gasteiger partial charge on any atom is -0.501 e. The Morgan fingerprint density at radius 1 is 1.16 bits per heavy atom. The molecule has 0 aliphatic carbocycles. The minimum absolute atomic E-state index is 0.00234. The minimum atomic E-state index is -0.00234. The molecule has 0 N–H and O–H groups in total. The third-order valence-corrected chi connectivity index (χ3v) is 3.41. The van der Waals surface area contributed by atoms with Crippen LogP contribution in [0.15, 0.2) is 24.7 Å². The summed E-state index contributed by atoms with van der Waals surface area (Å²) in [7, 11) is 0. The van der Waals surface area contributed by atoms with Crippen LogP contribution in [0, 0.1) is 0 Å². The first-order valence-corrected chi connectivity index (χ1v) is 7.46. The second kappa shape index (κ2) is 9.03. The van der Waals surface area contributed by atoms with Crippen LogP contribution in [0.5, 0.6) is 0 Å². The fourth-order valence-corrected chi connectivity index (χ4v) is 2.18. The standard InChI is InChI=1S/C16H28O3/c1-4-7-9-16(10-13-17-12-8-5-2)15(19-16)14-18-11-6-3/h6,8,11-12,15H,4-5,7,9-10,13-14H2,1-3H3. The van der Waals surface area contributed by atoms with Crippen LogP contribution in [0.3, 0.4) is 0 Å². The lowest BCUT2D eigenvalue weighted by Crippen LogP contribution is -2.20. The maximum Gasteiger partial charge on any atom is 0.121 e. The van der Waals surface area contributed by atoms with Gasteiger partial charge in [0, 0.05) is 6.42 Å². The van der Waals surface area contributed by atoms with Gasteiger partial charge in [0.15, 0.2) is 0 Å². The SMILES string of the molecule is CC=COCC1OC1(CCCC)CCOC=CCC. The third-order valence-electron chi connectivity index (χ3n) is 3.41. The molecule has 0 radical (unpaired) electrons. The normalized spacial score (nSPS) is 26.2. The predicted octanol–water partition coefficient (Wildman–Crippen LogP) is 4.19. The predicted molar refractivity (Wildman–Crippen MR) is 77.9 cm³/mol. The molecule has 1 fully saturated rings. The lowest BCUT2D eigenvalue weighted by molar-refractivity contribution is 0.180. The summed E-state index contributed by atoms with van der Waals surface area (Å²) in [6, 6.07) is 0. The lowest BCUT2D eigenvalue weighted by atomic mass is 9.95. The van der Waals surface area contributed by atoms with Crippen LogP contribution >= 0.6 is 0 Å². The van der Waals surface area contributed by atoms with Gasteiger partial charge in [0.05, 0.1) is 19.1 Å². The molecule has 0 amide bonds. The van der Waals surface area contributed by atoms with E-state index in [1.165, 1.54) is 12.8 Å². The van der Waals surface area contributed by atoms with E-state index in [0.29, 0.717) is 6.61 Å². The van der Waals surface area contributed by atoms with Crippen molar-refractivity contribution in [2.24, 2.45) is 0 Å². The number of unbranched alkanes of at least 4 members (excludes halogenated alkanes) is 1. The third kappa shape index (κ3) is 5.68.